The Kier molecular flexibility index (Phi) is 3.39. The molecule has 0 atom stereocenters. The Labute approximate surface area is 136 Å². The van der Waals surface area contributed by atoms with Crippen LogP contribution < -0.4 is 5.32 Å². The van der Waals surface area contributed by atoms with Crippen LogP contribution in [0, 0.1) is 0 Å². The van der Waals surface area contributed by atoms with E-state index in [2.05, 4.69) is 15.4 Å². The van der Waals surface area contributed by atoms with E-state index in [0.717, 1.165) is 21.9 Å². The molecule has 23 heavy (non-hydrogen) atoms. The number of aromatic nitrogens is 4. The SMILES string of the molecule is O=C(Cn1cccn1)Nc1ccccc1-c1cn2ccsc2n1. The van der Waals surface area contributed by atoms with E-state index in [1.807, 2.05) is 46.4 Å². The average molecular weight is 323 g/mol. The van der Waals surface area contributed by atoms with Gasteiger partial charge in [0.05, 0.1) is 11.4 Å². The van der Waals surface area contributed by atoms with Crippen LogP contribution in [0.5, 0.6) is 0 Å². The second-order valence-electron chi connectivity index (χ2n) is 5.02. The molecule has 0 aliphatic carbocycles. The van der Waals surface area contributed by atoms with Crippen LogP contribution in [0.25, 0.3) is 16.2 Å². The number of nitrogens with one attached hydrogen (secondary N) is 1. The zero-order chi connectivity index (χ0) is 15.6. The van der Waals surface area contributed by atoms with Gasteiger partial charge in [0.25, 0.3) is 0 Å². The lowest BCUT2D eigenvalue weighted by atomic mass is 10.1. The van der Waals surface area contributed by atoms with Gasteiger partial charge in [-0.25, -0.2) is 4.98 Å². The lowest BCUT2D eigenvalue weighted by Gasteiger charge is -2.09. The first-order valence-electron chi connectivity index (χ1n) is 7.08. The van der Waals surface area contributed by atoms with Crippen molar-refractivity contribution in [2.24, 2.45) is 0 Å². The smallest absolute Gasteiger partial charge is 0.246 e. The minimum absolute atomic E-state index is 0.123. The highest BCUT2D eigenvalue weighted by Crippen LogP contribution is 2.28. The lowest BCUT2D eigenvalue weighted by Crippen LogP contribution is -2.19. The van der Waals surface area contributed by atoms with Gasteiger partial charge in [0.1, 0.15) is 6.54 Å². The summed E-state index contributed by atoms with van der Waals surface area (Å²) < 4.78 is 3.56. The zero-order valence-corrected chi connectivity index (χ0v) is 12.9. The number of carbonyl (C=O) groups excluding carboxylic acids is 1. The second-order valence-corrected chi connectivity index (χ2v) is 5.89. The van der Waals surface area contributed by atoms with Crippen LogP contribution in [0.1, 0.15) is 0 Å². The van der Waals surface area contributed by atoms with E-state index in [0.29, 0.717) is 0 Å². The van der Waals surface area contributed by atoms with Gasteiger partial charge in [-0.15, -0.1) is 11.3 Å². The topological polar surface area (TPSA) is 64.2 Å². The summed E-state index contributed by atoms with van der Waals surface area (Å²) in [7, 11) is 0. The number of rotatable bonds is 4. The minimum atomic E-state index is -0.123. The molecule has 0 aliphatic rings. The first-order valence-corrected chi connectivity index (χ1v) is 7.96. The van der Waals surface area contributed by atoms with Gasteiger partial charge in [0, 0.05) is 35.7 Å². The highest BCUT2D eigenvalue weighted by atomic mass is 32.1. The van der Waals surface area contributed by atoms with Crippen molar-refractivity contribution < 1.29 is 4.79 Å². The van der Waals surface area contributed by atoms with Crippen molar-refractivity contribution in [2.75, 3.05) is 5.32 Å². The molecule has 3 aromatic heterocycles. The Morgan fingerprint density at radius 1 is 1.22 bits per heavy atom. The van der Waals surface area contributed by atoms with Gasteiger partial charge >= 0.3 is 0 Å². The van der Waals surface area contributed by atoms with E-state index in [-0.39, 0.29) is 12.5 Å². The van der Waals surface area contributed by atoms with Crippen LogP contribution in [0.15, 0.2) is 60.5 Å². The number of benzene rings is 1. The Bertz CT molecular complexity index is 925. The van der Waals surface area contributed by atoms with Gasteiger partial charge in [-0.1, -0.05) is 18.2 Å². The van der Waals surface area contributed by atoms with Crippen LogP contribution >= 0.6 is 11.3 Å². The average Bonchev–Trinajstić information content (AvgIpc) is 3.24. The van der Waals surface area contributed by atoms with Gasteiger partial charge in [-0.3, -0.25) is 13.9 Å². The van der Waals surface area contributed by atoms with Crippen molar-refractivity contribution in [2.45, 2.75) is 6.54 Å². The van der Waals surface area contributed by atoms with Crippen molar-refractivity contribution in [3.63, 3.8) is 0 Å². The van der Waals surface area contributed by atoms with Gasteiger partial charge in [-0.05, 0) is 12.1 Å². The number of amides is 1. The summed E-state index contributed by atoms with van der Waals surface area (Å²) in [5.74, 6) is -0.123. The molecule has 0 fully saturated rings. The molecule has 4 aromatic rings. The van der Waals surface area contributed by atoms with E-state index < -0.39 is 0 Å². The van der Waals surface area contributed by atoms with Gasteiger partial charge in [0.15, 0.2) is 4.96 Å². The molecule has 3 heterocycles. The molecular formula is C16H13N5OS. The molecule has 0 radical (unpaired) electrons. The minimum Gasteiger partial charge on any atom is -0.324 e. The molecule has 0 unspecified atom stereocenters. The van der Waals surface area contributed by atoms with Crippen LogP contribution in [0.4, 0.5) is 5.69 Å². The molecule has 0 spiro atoms. The number of anilines is 1. The highest BCUT2D eigenvalue weighted by molar-refractivity contribution is 7.15. The maximum absolute atomic E-state index is 12.2. The fourth-order valence-corrected chi connectivity index (χ4v) is 3.10. The third-order valence-corrected chi connectivity index (χ3v) is 4.21. The number of fused-ring (bicyclic) bond motifs is 1. The molecule has 1 aromatic carbocycles. The summed E-state index contributed by atoms with van der Waals surface area (Å²) in [5, 5.41) is 8.97. The van der Waals surface area contributed by atoms with Crippen molar-refractivity contribution in [1.29, 1.82) is 0 Å². The summed E-state index contributed by atoms with van der Waals surface area (Å²) in [6, 6.07) is 9.45. The van der Waals surface area contributed by atoms with Crippen LogP contribution in [-0.4, -0.2) is 25.1 Å². The number of hydrogen-bond acceptors (Lipinski definition) is 4. The van der Waals surface area contributed by atoms with Crippen LogP contribution in [0.2, 0.25) is 0 Å². The quantitative estimate of drug-likeness (QED) is 0.628. The number of thiazole rings is 1. The predicted octanol–water partition coefficient (Wildman–Crippen LogP) is 2.90. The van der Waals surface area contributed by atoms with E-state index >= 15 is 0 Å². The summed E-state index contributed by atoms with van der Waals surface area (Å²) in [6.45, 7) is 0.180. The Hall–Kier alpha value is -2.93. The van der Waals surface area contributed by atoms with Gasteiger partial charge in [-0.2, -0.15) is 5.10 Å². The number of carbonyl (C=O) groups is 1. The molecule has 1 amide bonds. The Morgan fingerprint density at radius 3 is 2.96 bits per heavy atom. The van der Waals surface area contributed by atoms with Crippen molar-refractivity contribution in [3.05, 3.63) is 60.5 Å². The fourth-order valence-electron chi connectivity index (χ4n) is 2.40. The standard InChI is InChI=1S/C16H13N5OS/c22-15(11-21-7-3-6-17-21)18-13-5-2-1-4-12(13)14-10-20-8-9-23-16(20)19-14/h1-10H,11H2,(H,18,22). The Morgan fingerprint density at radius 2 is 2.13 bits per heavy atom. The summed E-state index contributed by atoms with van der Waals surface area (Å²) >= 11 is 1.58. The molecular weight excluding hydrogens is 310 g/mol. The summed E-state index contributed by atoms with van der Waals surface area (Å²) in [4.78, 5) is 17.7. The van der Waals surface area contributed by atoms with Crippen molar-refractivity contribution in [1.82, 2.24) is 19.2 Å². The molecule has 6 nitrogen and oxygen atoms in total. The molecule has 0 bridgehead atoms. The predicted molar refractivity (Wildman–Crippen MR) is 89.4 cm³/mol. The van der Waals surface area contributed by atoms with E-state index in [1.165, 1.54) is 0 Å². The van der Waals surface area contributed by atoms with Crippen molar-refractivity contribution in [3.8, 4) is 11.3 Å². The summed E-state index contributed by atoms with van der Waals surface area (Å²) in [6.07, 6.45) is 7.34. The number of nitrogens with zero attached hydrogens (tertiary/aromatic N) is 4. The molecule has 114 valence electrons. The fraction of sp³-hybridized carbons (Fsp3) is 0.0625. The van der Waals surface area contributed by atoms with Crippen molar-refractivity contribution >= 4 is 27.9 Å². The third kappa shape index (κ3) is 2.74. The normalized spacial score (nSPS) is 11.0. The number of imidazole rings is 1. The third-order valence-electron chi connectivity index (χ3n) is 3.44. The molecule has 0 aliphatic heterocycles. The van der Waals surface area contributed by atoms with Gasteiger partial charge in [0.2, 0.25) is 5.91 Å². The van der Waals surface area contributed by atoms with E-state index in [1.54, 1.807) is 34.5 Å². The first-order chi connectivity index (χ1) is 11.3. The maximum Gasteiger partial charge on any atom is 0.246 e. The molecule has 7 heteroatoms. The number of para-hydroxylation sites is 1. The molecule has 4 rings (SSSR count). The number of hydrogen-bond donors (Lipinski definition) is 1. The largest absolute Gasteiger partial charge is 0.324 e. The second kappa shape index (κ2) is 5.69. The monoisotopic (exact) mass is 323 g/mol. The van der Waals surface area contributed by atoms with E-state index in [9.17, 15) is 4.79 Å². The molecule has 0 saturated carbocycles. The molecule has 1 N–H and O–H groups in total. The lowest BCUT2D eigenvalue weighted by molar-refractivity contribution is -0.116. The van der Waals surface area contributed by atoms with Crippen LogP contribution in [0.3, 0.4) is 0 Å². The maximum atomic E-state index is 12.2. The highest BCUT2D eigenvalue weighted by Gasteiger charge is 2.12. The van der Waals surface area contributed by atoms with Crippen LogP contribution in [-0.2, 0) is 11.3 Å². The zero-order valence-electron chi connectivity index (χ0n) is 12.1. The van der Waals surface area contributed by atoms with E-state index in [4.69, 9.17) is 0 Å². The summed E-state index contributed by atoms with van der Waals surface area (Å²) in [5.41, 5.74) is 2.49. The Balaban J connectivity index is 1.61. The van der Waals surface area contributed by atoms with Gasteiger partial charge < -0.3 is 5.32 Å². The first kappa shape index (κ1) is 13.7. The molecule has 0 saturated heterocycles.